The number of anilines is 2. The molecule has 0 aliphatic carbocycles. The van der Waals surface area contributed by atoms with Crippen molar-refractivity contribution in [3.8, 4) is 5.69 Å². The number of benzene rings is 2. The number of nitrogen functional groups attached to an aromatic ring is 1. The zero-order valence-corrected chi connectivity index (χ0v) is 19.9. The maximum Gasteiger partial charge on any atom is 0.266 e. The van der Waals surface area contributed by atoms with Gasteiger partial charge in [0.2, 0.25) is 11.9 Å². The lowest BCUT2D eigenvalue weighted by Crippen LogP contribution is -2.28. The highest BCUT2D eigenvalue weighted by Gasteiger charge is 2.22. The van der Waals surface area contributed by atoms with Crippen molar-refractivity contribution in [3.05, 3.63) is 76.1 Å². The summed E-state index contributed by atoms with van der Waals surface area (Å²) in [5.74, 6) is 0.248. The van der Waals surface area contributed by atoms with Crippen molar-refractivity contribution in [2.75, 3.05) is 23.5 Å². The highest BCUT2D eigenvalue weighted by atomic mass is 16.1. The van der Waals surface area contributed by atoms with Gasteiger partial charge in [-0.05, 0) is 43.7 Å². The number of carbonyl (C=O) groups excluding carboxylic acids is 1. The summed E-state index contributed by atoms with van der Waals surface area (Å²) < 4.78 is 3.10. The molecular formula is C24H24N10O2. The van der Waals surface area contributed by atoms with Gasteiger partial charge in [0.15, 0.2) is 17.0 Å². The van der Waals surface area contributed by atoms with Crippen molar-refractivity contribution in [3.63, 3.8) is 0 Å². The lowest BCUT2D eigenvalue weighted by atomic mass is 10.1. The molecule has 0 saturated carbocycles. The van der Waals surface area contributed by atoms with Gasteiger partial charge in [0, 0.05) is 12.6 Å². The van der Waals surface area contributed by atoms with Crippen LogP contribution in [0.3, 0.4) is 0 Å². The van der Waals surface area contributed by atoms with Crippen LogP contribution in [0, 0.1) is 6.92 Å². The molecule has 0 aliphatic heterocycles. The van der Waals surface area contributed by atoms with Crippen LogP contribution in [0.15, 0.2) is 53.6 Å². The molecule has 36 heavy (non-hydrogen) atoms. The predicted octanol–water partition coefficient (Wildman–Crippen LogP) is 1.86. The molecule has 1 atom stereocenters. The number of aryl methyl sites for hydroxylation is 1. The fourth-order valence-electron chi connectivity index (χ4n) is 4.20. The minimum absolute atomic E-state index is 0.0582. The topological polar surface area (TPSA) is 172 Å². The number of imidazole rings is 1. The van der Waals surface area contributed by atoms with Gasteiger partial charge in [0.1, 0.15) is 12.2 Å². The fourth-order valence-corrected chi connectivity index (χ4v) is 4.20. The molecule has 12 heteroatoms. The highest BCUT2D eigenvalue weighted by Crippen LogP contribution is 2.26. The molecule has 2 aromatic carbocycles. The lowest BCUT2D eigenvalue weighted by molar-refractivity contribution is 0.1000. The molecule has 1 unspecified atom stereocenters. The van der Waals surface area contributed by atoms with E-state index in [1.54, 1.807) is 48.4 Å². The van der Waals surface area contributed by atoms with Gasteiger partial charge in [0.05, 0.1) is 22.6 Å². The predicted molar refractivity (Wildman–Crippen MR) is 138 cm³/mol. The van der Waals surface area contributed by atoms with Crippen LogP contribution in [0.25, 0.3) is 27.8 Å². The molecular weight excluding hydrogens is 460 g/mol. The van der Waals surface area contributed by atoms with Gasteiger partial charge in [-0.15, -0.1) is 0 Å². The van der Waals surface area contributed by atoms with E-state index in [-0.39, 0.29) is 17.1 Å². The van der Waals surface area contributed by atoms with E-state index < -0.39 is 11.9 Å². The van der Waals surface area contributed by atoms with E-state index in [1.807, 2.05) is 26.0 Å². The molecule has 5 rings (SSSR count). The van der Waals surface area contributed by atoms with Crippen LogP contribution in [-0.2, 0) is 0 Å². The number of nitrogens with zero attached hydrogens (tertiary/aromatic N) is 6. The second kappa shape index (κ2) is 8.65. The largest absolute Gasteiger partial charge is 0.368 e. The number of primary amides is 1. The zero-order chi connectivity index (χ0) is 25.6. The van der Waals surface area contributed by atoms with Gasteiger partial charge in [0.25, 0.3) is 5.56 Å². The average molecular weight is 485 g/mol. The Kier molecular flexibility index (Phi) is 5.47. The molecule has 182 valence electrons. The van der Waals surface area contributed by atoms with Crippen molar-refractivity contribution >= 4 is 39.7 Å². The molecule has 0 radical (unpaired) electrons. The molecule has 0 aliphatic rings. The molecule has 0 bridgehead atoms. The van der Waals surface area contributed by atoms with Gasteiger partial charge < -0.3 is 22.2 Å². The standard InChI is InChI=1S/C24H24N10O2/c1-12-6-4-9-16-17(12)23(36)34(15-8-5-7-14(10-15)19(25)35)21(30-16)13(2)29-20-18-22(32-24(26)31-20)33(27-3)11-28-18/h4-11,13,27H,1-3H3,(H2,25,35)(H3,26,29,31,32). The summed E-state index contributed by atoms with van der Waals surface area (Å²) in [4.78, 5) is 43.5. The molecule has 0 spiro atoms. The number of carbonyl (C=O) groups is 1. The summed E-state index contributed by atoms with van der Waals surface area (Å²) in [5, 5.41) is 3.77. The molecule has 12 nitrogen and oxygen atoms in total. The lowest BCUT2D eigenvalue weighted by Gasteiger charge is -2.21. The SMILES string of the molecule is CNn1cnc2c(NC(C)c3nc4cccc(C)c4c(=O)n3-c3cccc(C(N)=O)c3)nc(N)nc21. The van der Waals surface area contributed by atoms with Crippen molar-refractivity contribution in [2.24, 2.45) is 5.73 Å². The molecule has 0 fully saturated rings. The summed E-state index contributed by atoms with van der Waals surface area (Å²) >= 11 is 0. The number of amides is 1. The first kappa shape index (κ1) is 22.8. The molecule has 5 aromatic rings. The van der Waals surface area contributed by atoms with Gasteiger partial charge in [-0.2, -0.15) is 9.97 Å². The summed E-state index contributed by atoms with van der Waals surface area (Å²) in [6.45, 7) is 3.70. The summed E-state index contributed by atoms with van der Waals surface area (Å²) in [6.07, 6.45) is 1.57. The Hall–Kier alpha value is -5.00. The van der Waals surface area contributed by atoms with Gasteiger partial charge in [-0.3, -0.25) is 14.2 Å². The van der Waals surface area contributed by atoms with Crippen molar-refractivity contribution < 1.29 is 4.79 Å². The Balaban J connectivity index is 1.72. The Morgan fingerprint density at radius 3 is 2.64 bits per heavy atom. The zero-order valence-electron chi connectivity index (χ0n) is 19.9. The van der Waals surface area contributed by atoms with Crippen LogP contribution in [-0.4, -0.2) is 42.1 Å². The van der Waals surface area contributed by atoms with E-state index >= 15 is 0 Å². The summed E-state index contributed by atoms with van der Waals surface area (Å²) in [5.41, 5.74) is 17.2. The minimum atomic E-state index is -0.596. The number of hydrogen-bond donors (Lipinski definition) is 4. The van der Waals surface area contributed by atoms with Crippen LogP contribution >= 0.6 is 0 Å². The van der Waals surface area contributed by atoms with Gasteiger partial charge >= 0.3 is 0 Å². The van der Waals surface area contributed by atoms with Crippen molar-refractivity contribution in [2.45, 2.75) is 19.9 Å². The first-order valence-electron chi connectivity index (χ1n) is 11.2. The first-order chi connectivity index (χ1) is 17.3. The van der Waals surface area contributed by atoms with Crippen LogP contribution in [0.2, 0.25) is 0 Å². The van der Waals surface area contributed by atoms with Crippen molar-refractivity contribution in [1.82, 2.24) is 29.2 Å². The number of aromatic nitrogens is 6. The van der Waals surface area contributed by atoms with E-state index in [0.29, 0.717) is 39.4 Å². The van der Waals surface area contributed by atoms with Crippen LogP contribution in [0.4, 0.5) is 11.8 Å². The monoisotopic (exact) mass is 484 g/mol. The van der Waals surface area contributed by atoms with E-state index in [1.165, 1.54) is 4.57 Å². The second-order valence-corrected chi connectivity index (χ2v) is 8.30. The number of nitrogens with one attached hydrogen (secondary N) is 2. The van der Waals surface area contributed by atoms with E-state index in [0.717, 1.165) is 5.56 Å². The quantitative estimate of drug-likeness (QED) is 0.281. The fraction of sp³-hybridized carbons (Fsp3) is 0.167. The third-order valence-electron chi connectivity index (χ3n) is 5.92. The first-order valence-corrected chi connectivity index (χ1v) is 11.2. The Bertz CT molecular complexity index is 1710. The number of hydrogen-bond acceptors (Lipinski definition) is 9. The molecule has 1 amide bonds. The van der Waals surface area contributed by atoms with Gasteiger partial charge in [-0.1, -0.05) is 18.2 Å². The molecule has 0 saturated heterocycles. The Labute approximate surface area is 205 Å². The molecule has 6 N–H and O–H groups in total. The summed E-state index contributed by atoms with van der Waals surface area (Å²) in [7, 11) is 1.73. The number of fused-ring (bicyclic) bond motifs is 2. The summed E-state index contributed by atoms with van der Waals surface area (Å²) in [6, 6.07) is 11.5. The molecule has 3 heterocycles. The average Bonchev–Trinajstić information content (AvgIpc) is 3.26. The second-order valence-electron chi connectivity index (χ2n) is 8.30. The van der Waals surface area contributed by atoms with E-state index in [2.05, 4.69) is 25.7 Å². The van der Waals surface area contributed by atoms with Crippen LogP contribution < -0.4 is 27.8 Å². The third kappa shape index (κ3) is 3.74. The van der Waals surface area contributed by atoms with Crippen molar-refractivity contribution in [1.29, 1.82) is 0 Å². The maximum atomic E-state index is 13.8. The Morgan fingerprint density at radius 2 is 1.89 bits per heavy atom. The number of rotatable bonds is 6. The van der Waals surface area contributed by atoms with E-state index in [4.69, 9.17) is 16.5 Å². The smallest absolute Gasteiger partial charge is 0.266 e. The van der Waals surface area contributed by atoms with Gasteiger partial charge in [-0.25, -0.2) is 14.6 Å². The Morgan fingerprint density at radius 1 is 1.11 bits per heavy atom. The third-order valence-corrected chi connectivity index (χ3v) is 5.92. The highest BCUT2D eigenvalue weighted by molar-refractivity contribution is 5.93. The minimum Gasteiger partial charge on any atom is -0.368 e. The normalized spacial score (nSPS) is 12.1. The molecule has 3 aromatic heterocycles. The number of nitrogens with two attached hydrogens (primary N) is 2. The van der Waals surface area contributed by atoms with Crippen LogP contribution in [0.5, 0.6) is 0 Å². The van der Waals surface area contributed by atoms with Crippen LogP contribution in [0.1, 0.15) is 34.7 Å². The van der Waals surface area contributed by atoms with E-state index in [9.17, 15) is 9.59 Å². The maximum absolute atomic E-state index is 13.8.